The molecule has 7 nitrogen and oxygen atoms in total. The van der Waals surface area contributed by atoms with Crippen molar-refractivity contribution in [2.45, 2.75) is 18.6 Å². The van der Waals surface area contributed by atoms with Gasteiger partial charge in [-0.3, -0.25) is 0 Å². The summed E-state index contributed by atoms with van der Waals surface area (Å²) in [5.41, 5.74) is 12.8. The molecule has 2 amide bonds. The van der Waals surface area contributed by atoms with Gasteiger partial charge in [-0.2, -0.15) is 0 Å². The Kier molecular flexibility index (Phi) is 4.76. The highest BCUT2D eigenvalue weighted by molar-refractivity contribution is 7.91. The minimum Gasteiger partial charge on any atom is -0.616 e. The zero-order chi connectivity index (χ0) is 17.2. The number of benzene rings is 1. The highest BCUT2D eigenvalue weighted by atomic mass is 32.2. The predicted octanol–water partition coefficient (Wildman–Crippen LogP) is 1.83. The number of carbonyl (C=O) groups excluding carboxylic acids is 1. The first kappa shape index (κ1) is 17.0. The molecule has 2 aromatic rings. The fraction of sp³-hybridized carbons (Fsp3) is 0.267. The molecule has 0 saturated carbocycles. The number of urea groups is 1. The van der Waals surface area contributed by atoms with E-state index in [1.54, 1.807) is 36.6 Å². The topological polar surface area (TPSA) is 130 Å². The summed E-state index contributed by atoms with van der Waals surface area (Å²) < 4.78 is 11.3. The second kappa shape index (κ2) is 6.43. The number of anilines is 2. The van der Waals surface area contributed by atoms with Gasteiger partial charge in [-0.15, -0.1) is 0 Å². The summed E-state index contributed by atoms with van der Waals surface area (Å²) in [5, 5.41) is 2.48. The van der Waals surface area contributed by atoms with E-state index in [2.05, 4.69) is 15.3 Å². The van der Waals surface area contributed by atoms with Crippen molar-refractivity contribution in [3.8, 4) is 11.4 Å². The van der Waals surface area contributed by atoms with Crippen LogP contribution in [0.3, 0.4) is 0 Å². The lowest BCUT2D eigenvalue weighted by Crippen LogP contribution is -2.29. The molecule has 1 aromatic carbocycles. The molecule has 5 N–H and O–H groups in total. The Labute approximate surface area is 137 Å². The molecule has 0 fully saturated rings. The second-order valence-electron chi connectivity index (χ2n) is 5.53. The lowest BCUT2D eigenvalue weighted by Gasteiger charge is -2.25. The minimum absolute atomic E-state index is 0.308. The van der Waals surface area contributed by atoms with Crippen LogP contribution in [-0.4, -0.2) is 26.8 Å². The Morgan fingerprint density at radius 3 is 2.39 bits per heavy atom. The number of nitrogen functional groups attached to an aromatic ring is 1. The average Bonchev–Trinajstić information content (AvgIpc) is 2.46. The van der Waals surface area contributed by atoms with Crippen LogP contribution < -0.4 is 16.8 Å². The van der Waals surface area contributed by atoms with Crippen molar-refractivity contribution in [2.75, 3.05) is 17.3 Å². The largest absolute Gasteiger partial charge is 0.616 e. The van der Waals surface area contributed by atoms with Gasteiger partial charge in [0.15, 0.2) is 10.6 Å². The molecule has 1 heterocycles. The van der Waals surface area contributed by atoms with E-state index in [0.29, 0.717) is 23.0 Å². The predicted molar refractivity (Wildman–Crippen MR) is 92.2 cm³/mol. The molecular formula is C15H19N5O2S. The van der Waals surface area contributed by atoms with Crippen molar-refractivity contribution in [1.82, 2.24) is 9.97 Å². The van der Waals surface area contributed by atoms with Gasteiger partial charge in [0.2, 0.25) is 0 Å². The molecular weight excluding hydrogens is 314 g/mol. The van der Waals surface area contributed by atoms with Crippen molar-refractivity contribution in [3.63, 3.8) is 0 Å². The number of nitrogens with zero attached hydrogens (tertiary/aromatic N) is 2. The Morgan fingerprint density at radius 2 is 1.87 bits per heavy atom. The van der Waals surface area contributed by atoms with Crippen LogP contribution in [0, 0.1) is 0 Å². The number of hydrogen-bond acceptors (Lipinski definition) is 5. The molecule has 1 unspecified atom stereocenters. The molecule has 0 radical (unpaired) electrons. The molecule has 8 heteroatoms. The van der Waals surface area contributed by atoms with Crippen LogP contribution in [0.1, 0.15) is 19.5 Å². The van der Waals surface area contributed by atoms with Crippen LogP contribution in [0.4, 0.5) is 16.3 Å². The Balaban J connectivity index is 2.40. The molecule has 0 aliphatic rings. The number of rotatable bonds is 4. The Hall–Kier alpha value is -2.32. The standard InChI is InChI=1S/C15H19N5O2S/c1-15(2,23(3)22)11-8-12(16)20-13(19-11)9-4-6-10(7-5-9)18-14(17)21/h4-8H,1-3H3,(H2,16,19,20)(H3,17,18,21). The molecule has 1 aromatic heterocycles. The molecule has 0 bridgehead atoms. The zero-order valence-corrected chi connectivity index (χ0v) is 14.0. The van der Waals surface area contributed by atoms with E-state index in [9.17, 15) is 9.35 Å². The highest BCUT2D eigenvalue weighted by Gasteiger charge is 2.33. The zero-order valence-electron chi connectivity index (χ0n) is 13.2. The van der Waals surface area contributed by atoms with Crippen molar-refractivity contribution in [1.29, 1.82) is 0 Å². The smallest absolute Gasteiger partial charge is 0.316 e. The number of hydrogen-bond donors (Lipinski definition) is 3. The first-order chi connectivity index (χ1) is 10.7. The summed E-state index contributed by atoms with van der Waals surface area (Å²) in [5.74, 6) is 0.743. The maximum absolute atomic E-state index is 11.9. The molecule has 0 saturated heterocycles. The van der Waals surface area contributed by atoms with Crippen molar-refractivity contribution in [2.24, 2.45) is 5.73 Å². The van der Waals surface area contributed by atoms with Gasteiger partial charge in [0.05, 0.1) is 6.26 Å². The van der Waals surface area contributed by atoms with Gasteiger partial charge in [0, 0.05) is 17.3 Å². The van der Waals surface area contributed by atoms with Gasteiger partial charge in [-0.25, -0.2) is 14.8 Å². The summed E-state index contributed by atoms with van der Waals surface area (Å²) in [6, 6.07) is 7.88. The minimum atomic E-state index is -1.12. The van der Waals surface area contributed by atoms with E-state index in [4.69, 9.17) is 11.5 Å². The van der Waals surface area contributed by atoms with E-state index in [-0.39, 0.29) is 0 Å². The maximum atomic E-state index is 11.9. The molecule has 1 atom stereocenters. The summed E-state index contributed by atoms with van der Waals surface area (Å²) >= 11 is -1.12. The summed E-state index contributed by atoms with van der Waals surface area (Å²) in [7, 11) is 0. The highest BCUT2D eigenvalue weighted by Crippen LogP contribution is 2.30. The van der Waals surface area contributed by atoms with Crippen molar-refractivity contribution >= 4 is 28.7 Å². The van der Waals surface area contributed by atoms with Crippen LogP contribution in [0.5, 0.6) is 0 Å². The first-order valence-electron chi connectivity index (χ1n) is 6.85. The molecule has 23 heavy (non-hydrogen) atoms. The fourth-order valence-corrected chi connectivity index (χ4v) is 2.29. The van der Waals surface area contributed by atoms with Crippen LogP contribution in [0.25, 0.3) is 11.4 Å². The number of primary amides is 1. The summed E-state index contributed by atoms with van der Waals surface area (Å²) in [4.78, 5) is 19.5. The van der Waals surface area contributed by atoms with Gasteiger partial charge in [-0.05, 0) is 49.3 Å². The van der Waals surface area contributed by atoms with Gasteiger partial charge in [0.1, 0.15) is 11.5 Å². The molecule has 0 spiro atoms. The van der Waals surface area contributed by atoms with E-state index < -0.39 is 22.0 Å². The Bertz CT molecular complexity index is 716. The van der Waals surface area contributed by atoms with E-state index in [1.165, 1.54) is 0 Å². The summed E-state index contributed by atoms with van der Waals surface area (Å²) in [6.07, 6.45) is 1.63. The van der Waals surface area contributed by atoms with Crippen molar-refractivity contribution < 1.29 is 9.35 Å². The molecule has 0 aliphatic carbocycles. The quantitative estimate of drug-likeness (QED) is 0.735. The first-order valence-corrected chi connectivity index (χ1v) is 8.41. The lowest BCUT2D eigenvalue weighted by atomic mass is 10.1. The lowest BCUT2D eigenvalue weighted by molar-refractivity contribution is 0.259. The Morgan fingerprint density at radius 1 is 1.26 bits per heavy atom. The van der Waals surface area contributed by atoms with Crippen LogP contribution in [0.15, 0.2) is 30.3 Å². The fourth-order valence-electron chi connectivity index (χ4n) is 1.90. The van der Waals surface area contributed by atoms with Crippen LogP contribution in [-0.2, 0) is 15.9 Å². The monoisotopic (exact) mass is 333 g/mol. The normalized spacial score (nSPS) is 12.7. The molecule has 0 aliphatic heterocycles. The maximum Gasteiger partial charge on any atom is 0.316 e. The van der Waals surface area contributed by atoms with E-state index in [0.717, 1.165) is 5.56 Å². The summed E-state index contributed by atoms with van der Waals surface area (Å²) in [6.45, 7) is 3.68. The third kappa shape index (κ3) is 3.91. The third-order valence-corrected chi connectivity index (χ3v) is 5.14. The number of aromatic nitrogens is 2. The number of amides is 2. The number of nitrogens with one attached hydrogen (secondary N) is 1. The van der Waals surface area contributed by atoms with E-state index in [1.807, 2.05) is 13.8 Å². The van der Waals surface area contributed by atoms with Gasteiger partial charge >= 0.3 is 6.03 Å². The van der Waals surface area contributed by atoms with E-state index >= 15 is 0 Å². The average molecular weight is 333 g/mol. The van der Waals surface area contributed by atoms with Gasteiger partial charge in [-0.1, -0.05) is 0 Å². The molecule has 122 valence electrons. The van der Waals surface area contributed by atoms with Crippen LogP contribution in [0.2, 0.25) is 0 Å². The van der Waals surface area contributed by atoms with Crippen LogP contribution >= 0.6 is 0 Å². The number of carbonyl (C=O) groups is 1. The molecule has 2 rings (SSSR count). The third-order valence-electron chi connectivity index (χ3n) is 3.49. The second-order valence-corrected chi connectivity index (χ2v) is 7.46. The van der Waals surface area contributed by atoms with Gasteiger partial charge < -0.3 is 21.3 Å². The van der Waals surface area contributed by atoms with Gasteiger partial charge in [0.25, 0.3) is 0 Å². The SMILES string of the molecule is C[S+]([O-])C(C)(C)c1cc(N)nc(-c2ccc(NC(N)=O)cc2)n1. The number of nitrogens with two attached hydrogens (primary N) is 2. The van der Waals surface area contributed by atoms with Crippen molar-refractivity contribution in [3.05, 3.63) is 36.0 Å².